The van der Waals surface area contributed by atoms with Crippen LogP contribution in [0.2, 0.25) is 0 Å². The van der Waals surface area contributed by atoms with E-state index in [1.165, 1.54) is 4.90 Å². The van der Waals surface area contributed by atoms with Crippen molar-refractivity contribution >= 4 is 6.09 Å². The molecule has 1 N–H and O–H groups in total. The second-order valence-corrected chi connectivity index (χ2v) is 2.96. The zero-order chi connectivity index (χ0) is 8.43. The molecule has 0 aliphatic carbocycles. The number of terminal acetylenes is 1. The monoisotopic (exact) mass is 153 g/mol. The van der Waals surface area contributed by atoms with Crippen molar-refractivity contribution in [2.45, 2.75) is 19.4 Å². The third-order valence-electron chi connectivity index (χ3n) is 1.95. The molecule has 0 spiro atoms. The largest absolute Gasteiger partial charge is 0.465 e. The van der Waals surface area contributed by atoms with Gasteiger partial charge in [0, 0.05) is 6.54 Å². The van der Waals surface area contributed by atoms with Crippen LogP contribution in [-0.2, 0) is 0 Å². The van der Waals surface area contributed by atoms with E-state index in [0.29, 0.717) is 12.5 Å². The first-order chi connectivity index (χ1) is 5.15. The Labute approximate surface area is 66.0 Å². The summed E-state index contributed by atoms with van der Waals surface area (Å²) < 4.78 is 0. The van der Waals surface area contributed by atoms with E-state index in [1.807, 2.05) is 6.92 Å². The molecule has 0 saturated carbocycles. The number of likely N-dealkylation sites (tertiary alicyclic amines) is 1. The lowest BCUT2D eigenvalue weighted by atomic mass is 10.1. The molecule has 1 saturated heterocycles. The van der Waals surface area contributed by atoms with Gasteiger partial charge in [-0.25, -0.2) is 4.79 Å². The van der Waals surface area contributed by atoms with Crippen molar-refractivity contribution in [3.05, 3.63) is 0 Å². The fourth-order valence-corrected chi connectivity index (χ4v) is 1.42. The number of amides is 1. The summed E-state index contributed by atoms with van der Waals surface area (Å²) in [5.41, 5.74) is 0. The van der Waals surface area contributed by atoms with Gasteiger partial charge in [0.25, 0.3) is 0 Å². The zero-order valence-corrected chi connectivity index (χ0v) is 6.45. The molecule has 60 valence electrons. The van der Waals surface area contributed by atoms with Gasteiger partial charge in [-0.05, 0) is 12.3 Å². The highest BCUT2D eigenvalue weighted by Crippen LogP contribution is 2.21. The Morgan fingerprint density at radius 2 is 2.45 bits per heavy atom. The number of rotatable bonds is 0. The van der Waals surface area contributed by atoms with Crippen LogP contribution < -0.4 is 0 Å². The maximum atomic E-state index is 10.5. The van der Waals surface area contributed by atoms with Gasteiger partial charge < -0.3 is 5.11 Å². The smallest absolute Gasteiger partial charge is 0.408 e. The van der Waals surface area contributed by atoms with Gasteiger partial charge in [-0.3, -0.25) is 4.90 Å². The third-order valence-corrected chi connectivity index (χ3v) is 1.95. The Bertz CT molecular complexity index is 207. The molecule has 1 rings (SSSR count). The van der Waals surface area contributed by atoms with E-state index < -0.39 is 6.09 Å². The summed E-state index contributed by atoms with van der Waals surface area (Å²) in [6.07, 6.45) is 5.06. The minimum atomic E-state index is -0.905. The quantitative estimate of drug-likeness (QED) is 0.527. The Morgan fingerprint density at radius 3 is 2.82 bits per heavy atom. The van der Waals surface area contributed by atoms with Crippen LogP contribution in [0, 0.1) is 18.3 Å². The predicted molar refractivity (Wildman–Crippen MR) is 41.1 cm³/mol. The fraction of sp³-hybridized carbons (Fsp3) is 0.625. The Morgan fingerprint density at radius 1 is 1.82 bits per heavy atom. The summed E-state index contributed by atoms with van der Waals surface area (Å²) >= 11 is 0. The lowest BCUT2D eigenvalue weighted by molar-refractivity contribution is 0.147. The molecule has 1 aliphatic rings. The molecule has 3 nitrogen and oxygen atoms in total. The van der Waals surface area contributed by atoms with Crippen molar-refractivity contribution in [2.24, 2.45) is 5.92 Å². The van der Waals surface area contributed by atoms with Crippen molar-refractivity contribution in [3.8, 4) is 12.3 Å². The molecular formula is C8H11NO2. The highest BCUT2D eigenvalue weighted by Gasteiger charge is 2.31. The summed E-state index contributed by atoms with van der Waals surface area (Å²) in [5, 5.41) is 8.66. The zero-order valence-electron chi connectivity index (χ0n) is 6.45. The summed E-state index contributed by atoms with van der Waals surface area (Å²) in [5.74, 6) is 2.87. The van der Waals surface area contributed by atoms with Gasteiger partial charge in [-0.1, -0.05) is 12.8 Å². The minimum absolute atomic E-state index is 0.206. The normalized spacial score (nSPS) is 30.0. The summed E-state index contributed by atoms with van der Waals surface area (Å²) in [4.78, 5) is 11.9. The molecule has 1 aliphatic heterocycles. The highest BCUT2D eigenvalue weighted by molar-refractivity contribution is 5.66. The molecule has 1 fully saturated rings. The molecule has 3 heteroatoms. The summed E-state index contributed by atoms with van der Waals surface area (Å²) in [6.45, 7) is 2.58. The van der Waals surface area contributed by atoms with Gasteiger partial charge in [0.1, 0.15) is 0 Å². The van der Waals surface area contributed by atoms with Crippen LogP contribution in [0.25, 0.3) is 0 Å². The van der Waals surface area contributed by atoms with Crippen LogP contribution in [0.15, 0.2) is 0 Å². The van der Waals surface area contributed by atoms with Crippen molar-refractivity contribution < 1.29 is 9.90 Å². The number of hydrogen-bond acceptors (Lipinski definition) is 1. The molecule has 0 aromatic rings. The topological polar surface area (TPSA) is 40.5 Å². The molecule has 0 bridgehead atoms. The van der Waals surface area contributed by atoms with Gasteiger partial charge in [0.05, 0.1) is 6.04 Å². The maximum absolute atomic E-state index is 10.5. The first kappa shape index (κ1) is 7.93. The first-order valence-corrected chi connectivity index (χ1v) is 3.61. The number of carbonyl (C=O) groups is 1. The number of nitrogens with zero attached hydrogens (tertiary/aromatic N) is 1. The second-order valence-electron chi connectivity index (χ2n) is 2.96. The maximum Gasteiger partial charge on any atom is 0.408 e. The van der Waals surface area contributed by atoms with Crippen LogP contribution in [-0.4, -0.2) is 28.7 Å². The lowest BCUT2D eigenvalue weighted by Gasteiger charge is -2.15. The summed E-state index contributed by atoms with van der Waals surface area (Å²) in [6, 6.07) is -0.206. The molecule has 0 aromatic heterocycles. The van der Waals surface area contributed by atoms with Crippen LogP contribution in [0.1, 0.15) is 13.3 Å². The predicted octanol–water partition coefficient (Wildman–Crippen LogP) is 1.01. The molecule has 1 heterocycles. The van der Waals surface area contributed by atoms with E-state index in [-0.39, 0.29) is 6.04 Å². The molecule has 0 unspecified atom stereocenters. The Kier molecular flexibility index (Phi) is 2.04. The van der Waals surface area contributed by atoms with E-state index >= 15 is 0 Å². The fourth-order valence-electron chi connectivity index (χ4n) is 1.42. The minimum Gasteiger partial charge on any atom is -0.465 e. The Balaban J connectivity index is 2.67. The van der Waals surface area contributed by atoms with E-state index in [9.17, 15) is 4.79 Å². The van der Waals surface area contributed by atoms with Gasteiger partial charge in [-0.15, -0.1) is 6.42 Å². The van der Waals surface area contributed by atoms with Crippen LogP contribution in [0.5, 0.6) is 0 Å². The van der Waals surface area contributed by atoms with Crippen LogP contribution in [0.3, 0.4) is 0 Å². The molecule has 0 aromatic carbocycles. The number of hydrogen-bond donors (Lipinski definition) is 1. The molecule has 1 amide bonds. The average Bonchev–Trinajstić information content (AvgIpc) is 2.30. The van der Waals surface area contributed by atoms with Gasteiger partial charge in [-0.2, -0.15) is 0 Å². The van der Waals surface area contributed by atoms with Crippen molar-refractivity contribution in [2.75, 3.05) is 6.54 Å². The van der Waals surface area contributed by atoms with Crippen molar-refractivity contribution in [1.82, 2.24) is 4.90 Å². The van der Waals surface area contributed by atoms with Gasteiger partial charge in [0.15, 0.2) is 0 Å². The number of carboxylic acid groups (broad SMARTS) is 1. The Hall–Kier alpha value is -1.17. The average molecular weight is 153 g/mol. The lowest BCUT2D eigenvalue weighted by Crippen LogP contribution is -2.33. The van der Waals surface area contributed by atoms with Crippen molar-refractivity contribution in [1.29, 1.82) is 0 Å². The summed E-state index contributed by atoms with van der Waals surface area (Å²) in [7, 11) is 0. The van der Waals surface area contributed by atoms with Gasteiger partial charge >= 0.3 is 6.09 Å². The molecule has 11 heavy (non-hydrogen) atoms. The molecule has 0 radical (unpaired) electrons. The SMILES string of the molecule is C#C[C@@H]1C[C@H](C)CN1C(=O)O. The van der Waals surface area contributed by atoms with E-state index in [0.717, 1.165) is 6.42 Å². The second kappa shape index (κ2) is 2.83. The standard InChI is InChI=1S/C8H11NO2/c1-3-7-4-6(2)5-9(7)8(10)11/h1,6-7H,4-5H2,2H3,(H,10,11)/t6-,7+/m0/s1. The van der Waals surface area contributed by atoms with E-state index in [2.05, 4.69) is 5.92 Å². The molecule has 2 atom stereocenters. The first-order valence-electron chi connectivity index (χ1n) is 3.61. The van der Waals surface area contributed by atoms with E-state index in [1.54, 1.807) is 0 Å². The third kappa shape index (κ3) is 1.45. The van der Waals surface area contributed by atoms with E-state index in [4.69, 9.17) is 11.5 Å². The van der Waals surface area contributed by atoms with Crippen LogP contribution in [0.4, 0.5) is 4.79 Å². The van der Waals surface area contributed by atoms with Gasteiger partial charge in [0.2, 0.25) is 0 Å². The highest BCUT2D eigenvalue weighted by atomic mass is 16.4. The molecular weight excluding hydrogens is 142 g/mol. The van der Waals surface area contributed by atoms with Crippen LogP contribution >= 0.6 is 0 Å². The van der Waals surface area contributed by atoms with Crippen molar-refractivity contribution in [3.63, 3.8) is 0 Å².